The lowest BCUT2D eigenvalue weighted by Crippen LogP contribution is -2.05. The second-order valence-electron chi connectivity index (χ2n) is 5.91. The van der Waals surface area contributed by atoms with Crippen LogP contribution >= 0.6 is 23.2 Å². The van der Waals surface area contributed by atoms with E-state index in [1.165, 1.54) is 18.2 Å². The molecule has 0 fully saturated rings. The van der Waals surface area contributed by atoms with Crippen LogP contribution in [-0.4, -0.2) is 15.9 Å². The molecule has 0 bridgehead atoms. The van der Waals surface area contributed by atoms with E-state index < -0.39 is 0 Å². The molecular formula is C19H15Cl2FN2O. The molecule has 0 aliphatic rings. The van der Waals surface area contributed by atoms with Crippen LogP contribution in [0.1, 0.15) is 30.9 Å². The number of nitrogens with zero attached hydrogens (tertiary/aromatic N) is 2. The highest BCUT2D eigenvalue weighted by atomic mass is 35.5. The predicted octanol–water partition coefficient (Wildman–Crippen LogP) is 5.78. The van der Waals surface area contributed by atoms with Gasteiger partial charge >= 0.3 is 0 Å². The van der Waals surface area contributed by atoms with Crippen molar-refractivity contribution in [3.05, 3.63) is 63.5 Å². The Morgan fingerprint density at radius 1 is 1.20 bits per heavy atom. The Morgan fingerprint density at radius 3 is 2.48 bits per heavy atom. The number of benzene rings is 1. The molecule has 1 aromatic carbocycles. The molecule has 0 saturated carbocycles. The minimum absolute atomic E-state index is 0.0967. The summed E-state index contributed by atoms with van der Waals surface area (Å²) in [5.41, 5.74) is 3.71. The van der Waals surface area contributed by atoms with Crippen LogP contribution < -0.4 is 0 Å². The van der Waals surface area contributed by atoms with E-state index in [1.54, 1.807) is 28.8 Å². The Hall–Kier alpha value is -2.17. The maximum absolute atomic E-state index is 13.3. The summed E-state index contributed by atoms with van der Waals surface area (Å²) in [4.78, 5) is 10.9. The van der Waals surface area contributed by atoms with Gasteiger partial charge in [-0.1, -0.05) is 37.0 Å². The predicted molar refractivity (Wildman–Crippen MR) is 99.8 cm³/mol. The molecule has 3 nitrogen and oxygen atoms in total. The van der Waals surface area contributed by atoms with E-state index in [-0.39, 0.29) is 11.7 Å². The van der Waals surface area contributed by atoms with Gasteiger partial charge in [0.1, 0.15) is 17.3 Å². The number of hydrogen-bond donors (Lipinski definition) is 0. The highest BCUT2D eigenvalue weighted by molar-refractivity contribution is 6.37. The van der Waals surface area contributed by atoms with Crippen molar-refractivity contribution in [3.8, 4) is 11.3 Å². The largest absolute Gasteiger partial charge is 0.299 e. The molecule has 3 rings (SSSR count). The van der Waals surface area contributed by atoms with Gasteiger partial charge in [0.2, 0.25) is 0 Å². The lowest BCUT2D eigenvalue weighted by Gasteiger charge is -2.17. The van der Waals surface area contributed by atoms with E-state index in [2.05, 4.69) is 5.10 Å². The Bertz CT molecular complexity index is 975. The lowest BCUT2D eigenvalue weighted by atomic mass is 9.93. The molecule has 0 atom stereocenters. The zero-order valence-corrected chi connectivity index (χ0v) is 15.1. The zero-order chi connectivity index (χ0) is 18.1. The molecule has 2 aromatic heterocycles. The molecule has 0 saturated heterocycles. The fourth-order valence-electron chi connectivity index (χ4n) is 2.90. The van der Waals surface area contributed by atoms with Gasteiger partial charge in [-0.25, -0.2) is 8.91 Å². The molecule has 0 aliphatic carbocycles. The van der Waals surface area contributed by atoms with Crippen LogP contribution in [0.5, 0.6) is 0 Å². The molecule has 2 heterocycles. The van der Waals surface area contributed by atoms with Crippen LogP contribution in [0.25, 0.3) is 22.9 Å². The molecular weight excluding hydrogens is 362 g/mol. The number of hydrogen-bond acceptors (Lipinski definition) is 2. The van der Waals surface area contributed by atoms with E-state index in [4.69, 9.17) is 23.2 Å². The first-order valence-corrected chi connectivity index (χ1v) is 8.48. The maximum Gasteiger partial charge on any atom is 0.142 e. The number of allylic oxidation sites excluding steroid dienone is 1. The normalized spacial score (nSPS) is 11.8. The Labute approximate surface area is 154 Å². The van der Waals surface area contributed by atoms with Gasteiger partial charge in [-0.2, -0.15) is 5.10 Å². The molecule has 0 radical (unpaired) electrons. The topological polar surface area (TPSA) is 34.4 Å². The van der Waals surface area contributed by atoms with Crippen molar-refractivity contribution in [1.82, 2.24) is 9.61 Å². The highest BCUT2D eigenvalue weighted by Crippen LogP contribution is 2.38. The van der Waals surface area contributed by atoms with Gasteiger partial charge in [-0.05, 0) is 54.0 Å². The van der Waals surface area contributed by atoms with Crippen LogP contribution in [0.15, 0.2) is 36.4 Å². The number of halogens is 3. The number of aromatic nitrogens is 2. The van der Waals surface area contributed by atoms with Crippen molar-refractivity contribution >= 4 is 41.1 Å². The third-order valence-electron chi connectivity index (χ3n) is 3.92. The number of aldehydes is 1. The third-order valence-corrected chi connectivity index (χ3v) is 4.48. The van der Waals surface area contributed by atoms with Crippen molar-refractivity contribution in [1.29, 1.82) is 0 Å². The number of carbonyl (C=O) groups is 1. The Balaban J connectivity index is 2.45. The molecule has 0 spiro atoms. The first-order chi connectivity index (χ1) is 11.9. The summed E-state index contributed by atoms with van der Waals surface area (Å²) in [5, 5.41) is 5.48. The average molecular weight is 377 g/mol. The molecule has 0 unspecified atom stereocenters. The van der Waals surface area contributed by atoms with Crippen LogP contribution in [0.2, 0.25) is 10.2 Å². The number of rotatable bonds is 4. The van der Waals surface area contributed by atoms with Crippen molar-refractivity contribution < 1.29 is 9.18 Å². The van der Waals surface area contributed by atoms with E-state index >= 15 is 0 Å². The molecule has 6 heteroatoms. The standard InChI is InChI=1S/C19H15Cl2FN2O/c1-11(2)17-14(4-3-9-25)18(12-5-7-13(22)8-6-12)23-24-16(21)10-15(20)19(17)24/h3-11H,1-2H3/b4-3+. The molecule has 0 N–H and O–H groups in total. The second-order valence-corrected chi connectivity index (χ2v) is 6.70. The zero-order valence-electron chi connectivity index (χ0n) is 13.6. The Kier molecular flexibility index (Phi) is 4.93. The van der Waals surface area contributed by atoms with Gasteiger partial charge in [0.05, 0.1) is 16.2 Å². The van der Waals surface area contributed by atoms with E-state index in [9.17, 15) is 9.18 Å². The molecule has 0 aliphatic heterocycles. The van der Waals surface area contributed by atoms with Crippen LogP contribution in [0.4, 0.5) is 4.39 Å². The quantitative estimate of drug-likeness (QED) is 0.427. The lowest BCUT2D eigenvalue weighted by molar-refractivity contribution is -0.104. The van der Waals surface area contributed by atoms with Gasteiger partial charge in [-0.3, -0.25) is 4.79 Å². The Morgan fingerprint density at radius 2 is 1.88 bits per heavy atom. The SMILES string of the molecule is CC(C)c1c(/C=C/C=O)c(-c2ccc(F)cc2)nn2c(Cl)cc(Cl)c12. The van der Waals surface area contributed by atoms with Crippen LogP contribution in [-0.2, 0) is 4.79 Å². The summed E-state index contributed by atoms with van der Waals surface area (Å²) in [7, 11) is 0. The average Bonchev–Trinajstić information content (AvgIpc) is 2.86. The molecule has 0 amide bonds. The van der Waals surface area contributed by atoms with Gasteiger partial charge < -0.3 is 0 Å². The third kappa shape index (κ3) is 3.20. The van der Waals surface area contributed by atoms with Crippen molar-refractivity contribution in [2.24, 2.45) is 0 Å². The van der Waals surface area contributed by atoms with Gasteiger partial charge in [0, 0.05) is 11.1 Å². The minimum Gasteiger partial charge on any atom is -0.299 e. The first-order valence-electron chi connectivity index (χ1n) is 7.72. The fourth-order valence-corrected chi connectivity index (χ4v) is 3.47. The fraction of sp³-hybridized carbons (Fsp3) is 0.158. The van der Waals surface area contributed by atoms with E-state index in [0.717, 1.165) is 16.7 Å². The molecule has 25 heavy (non-hydrogen) atoms. The highest BCUT2D eigenvalue weighted by Gasteiger charge is 2.21. The summed E-state index contributed by atoms with van der Waals surface area (Å²) < 4.78 is 14.9. The summed E-state index contributed by atoms with van der Waals surface area (Å²) in [6.07, 6.45) is 3.81. The number of fused-ring (bicyclic) bond motifs is 1. The molecule has 3 aromatic rings. The van der Waals surface area contributed by atoms with E-state index in [0.29, 0.717) is 27.7 Å². The maximum atomic E-state index is 13.3. The van der Waals surface area contributed by atoms with E-state index in [1.807, 2.05) is 13.8 Å². The van der Waals surface area contributed by atoms with Gasteiger partial charge in [-0.15, -0.1) is 0 Å². The minimum atomic E-state index is -0.332. The van der Waals surface area contributed by atoms with Crippen molar-refractivity contribution in [2.75, 3.05) is 0 Å². The van der Waals surface area contributed by atoms with Gasteiger partial charge in [0.15, 0.2) is 0 Å². The smallest absolute Gasteiger partial charge is 0.142 e. The first kappa shape index (κ1) is 17.6. The van der Waals surface area contributed by atoms with Crippen LogP contribution in [0, 0.1) is 5.82 Å². The second kappa shape index (κ2) is 6.98. The summed E-state index contributed by atoms with van der Waals surface area (Å²) in [6, 6.07) is 7.66. The monoisotopic (exact) mass is 376 g/mol. The van der Waals surface area contributed by atoms with Crippen LogP contribution in [0.3, 0.4) is 0 Å². The summed E-state index contributed by atoms with van der Waals surface area (Å²) in [6.45, 7) is 4.05. The molecule has 128 valence electrons. The summed E-state index contributed by atoms with van der Waals surface area (Å²) >= 11 is 12.6. The van der Waals surface area contributed by atoms with Gasteiger partial charge in [0.25, 0.3) is 0 Å². The van der Waals surface area contributed by atoms with Crippen molar-refractivity contribution in [3.63, 3.8) is 0 Å². The van der Waals surface area contributed by atoms with Crippen molar-refractivity contribution in [2.45, 2.75) is 19.8 Å². The number of carbonyl (C=O) groups excluding carboxylic acids is 1. The summed E-state index contributed by atoms with van der Waals surface area (Å²) in [5.74, 6) is -0.236.